The fourth-order valence-corrected chi connectivity index (χ4v) is 1.97. The van der Waals surface area contributed by atoms with Gasteiger partial charge in [0.1, 0.15) is 5.75 Å². The minimum Gasteiger partial charge on any atom is -0.427 e. The fraction of sp³-hybridized carbons (Fsp3) is 0.235. The molecule has 0 bridgehead atoms. The lowest BCUT2D eigenvalue weighted by Crippen LogP contribution is -2.06. The van der Waals surface area contributed by atoms with Crippen LogP contribution >= 0.6 is 0 Å². The molecular formula is C17H15F3O2. The lowest BCUT2D eigenvalue weighted by atomic mass is 10.0. The molecule has 0 saturated heterocycles. The van der Waals surface area contributed by atoms with Crippen LogP contribution in [0.4, 0.5) is 13.2 Å². The molecule has 5 heteroatoms. The highest BCUT2D eigenvalue weighted by atomic mass is 19.4. The Kier molecular flexibility index (Phi) is 4.85. The van der Waals surface area contributed by atoms with Gasteiger partial charge in [0.25, 0.3) is 0 Å². The van der Waals surface area contributed by atoms with E-state index in [0.717, 1.165) is 23.3 Å². The second-order valence-corrected chi connectivity index (χ2v) is 4.85. The SMILES string of the molecule is CCC(=O)Oc1cccc(Cc2ccc(C(F)(F)F)cc2)c1. The molecule has 0 amide bonds. The Morgan fingerprint density at radius 1 is 1.05 bits per heavy atom. The maximum Gasteiger partial charge on any atom is 0.416 e. The van der Waals surface area contributed by atoms with Gasteiger partial charge in [0.05, 0.1) is 5.56 Å². The van der Waals surface area contributed by atoms with Crippen molar-refractivity contribution in [3.8, 4) is 5.75 Å². The largest absolute Gasteiger partial charge is 0.427 e. The molecule has 2 aromatic carbocycles. The third-order valence-electron chi connectivity index (χ3n) is 3.11. The normalized spacial score (nSPS) is 11.3. The van der Waals surface area contributed by atoms with Crippen LogP contribution in [0.5, 0.6) is 5.75 Å². The quantitative estimate of drug-likeness (QED) is 0.609. The molecule has 0 aliphatic carbocycles. The molecule has 0 aliphatic heterocycles. The highest BCUT2D eigenvalue weighted by Crippen LogP contribution is 2.29. The van der Waals surface area contributed by atoms with E-state index in [9.17, 15) is 18.0 Å². The molecule has 0 unspecified atom stereocenters. The highest BCUT2D eigenvalue weighted by molar-refractivity contribution is 5.71. The van der Waals surface area contributed by atoms with E-state index in [0.29, 0.717) is 12.2 Å². The van der Waals surface area contributed by atoms with Crippen molar-refractivity contribution < 1.29 is 22.7 Å². The van der Waals surface area contributed by atoms with Gasteiger partial charge in [-0.25, -0.2) is 0 Å². The first kappa shape index (κ1) is 16.1. The average Bonchev–Trinajstić information content (AvgIpc) is 2.47. The summed E-state index contributed by atoms with van der Waals surface area (Å²) in [6, 6.07) is 12.0. The Morgan fingerprint density at radius 2 is 1.73 bits per heavy atom. The number of hydrogen-bond acceptors (Lipinski definition) is 2. The van der Waals surface area contributed by atoms with Gasteiger partial charge in [-0.15, -0.1) is 0 Å². The number of hydrogen-bond donors (Lipinski definition) is 0. The van der Waals surface area contributed by atoms with Crippen LogP contribution in [-0.4, -0.2) is 5.97 Å². The third-order valence-corrected chi connectivity index (χ3v) is 3.11. The van der Waals surface area contributed by atoms with E-state index in [1.54, 1.807) is 25.1 Å². The summed E-state index contributed by atoms with van der Waals surface area (Å²) in [7, 11) is 0. The third kappa shape index (κ3) is 4.35. The van der Waals surface area contributed by atoms with Crippen molar-refractivity contribution >= 4 is 5.97 Å². The Balaban J connectivity index is 2.10. The predicted octanol–water partition coefficient (Wildman–Crippen LogP) is 4.61. The molecule has 0 atom stereocenters. The number of halogens is 3. The number of alkyl halides is 3. The van der Waals surface area contributed by atoms with Gasteiger partial charge in [0.15, 0.2) is 0 Å². The minimum absolute atomic E-state index is 0.281. The second-order valence-electron chi connectivity index (χ2n) is 4.85. The van der Waals surface area contributed by atoms with Gasteiger partial charge in [0.2, 0.25) is 0 Å². The average molecular weight is 308 g/mol. The summed E-state index contributed by atoms with van der Waals surface area (Å²) in [5.41, 5.74) is 0.954. The van der Waals surface area contributed by atoms with Crippen LogP contribution < -0.4 is 4.74 Å². The van der Waals surface area contributed by atoms with Crippen molar-refractivity contribution in [2.45, 2.75) is 25.9 Å². The van der Waals surface area contributed by atoms with Crippen molar-refractivity contribution in [2.24, 2.45) is 0 Å². The first-order chi connectivity index (χ1) is 10.4. The molecule has 0 aliphatic rings. The molecular weight excluding hydrogens is 293 g/mol. The zero-order valence-corrected chi connectivity index (χ0v) is 12.0. The topological polar surface area (TPSA) is 26.3 Å². The van der Waals surface area contributed by atoms with E-state index in [1.165, 1.54) is 12.1 Å². The van der Waals surface area contributed by atoms with Gasteiger partial charge in [0, 0.05) is 6.42 Å². The first-order valence-electron chi connectivity index (χ1n) is 6.84. The van der Waals surface area contributed by atoms with Crippen LogP contribution in [0.3, 0.4) is 0 Å². The van der Waals surface area contributed by atoms with Gasteiger partial charge < -0.3 is 4.74 Å². The number of rotatable bonds is 4. The van der Waals surface area contributed by atoms with E-state index in [4.69, 9.17) is 4.74 Å². The number of esters is 1. The van der Waals surface area contributed by atoms with E-state index in [2.05, 4.69) is 0 Å². The minimum atomic E-state index is -4.33. The summed E-state index contributed by atoms with van der Waals surface area (Å²) in [4.78, 5) is 11.3. The van der Waals surface area contributed by atoms with E-state index < -0.39 is 11.7 Å². The molecule has 116 valence electrons. The Bertz CT molecular complexity index is 646. The van der Waals surface area contributed by atoms with E-state index >= 15 is 0 Å². The molecule has 22 heavy (non-hydrogen) atoms. The highest BCUT2D eigenvalue weighted by Gasteiger charge is 2.29. The molecule has 0 aromatic heterocycles. The summed E-state index contributed by atoms with van der Waals surface area (Å²) >= 11 is 0. The lowest BCUT2D eigenvalue weighted by molar-refractivity contribution is -0.137. The molecule has 0 N–H and O–H groups in total. The molecule has 0 saturated carbocycles. The van der Waals surface area contributed by atoms with Crippen LogP contribution in [0, 0.1) is 0 Å². The van der Waals surface area contributed by atoms with Crippen molar-refractivity contribution in [3.05, 3.63) is 65.2 Å². The lowest BCUT2D eigenvalue weighted by Gasteiger charge is -2.08. The standard InChI is InChI=1S/C17H15F3O2/c1-2-16(21)22-15-5-3-4-13(11-15)10-12-6-8-14(9-7-12)17(18,19)20/h3-9,11H,2,10H2,1H3. The number of benzene rings is 2. The van der Waals surface area contributed by atoms with Crippen molar-refractivity contribution in [2.75, 3.05) is 0 Å². The van der Waals surface area contributed by atoms with Gasteiger partial charge in [-0.3, -0.25) is 4.79 Å². The maximum absolute atomic E-state index is 12.5. The predicted molar refractivity (Wildman–Crippen MR) is 76.6 cm³/mol. The van der Waals surface area contributed by atoms with Crippen LogP contribution in [0.2, 0.25) is 0 Å². The molecule has 2 aromatic rings. The van der Waals surface area contributed by atoms with Crippen LogP contribution in [0.1, 0.15) is 30.0 Å². The van der Waals surface area contributed by atoms with Crippen molar-refractivity contribution in [3.63, 3.8) is 0 Å². The molecule has 0 fully saturated rings. The fourth-order valence-electron chi connectivity index (χ4n) is 1.97. The van der Waals surface area contributed by atoms with Crippen LogP contribution in [-0.2, 0) is 17.4 Å². The summed E-state index contributed by atoms with van der Waals surface area (Å²) in [5.74, 6) is 0.114. The van der Waals surface area contributed by atoms with Crippen molar-refractivity contribution in [1.82, 2.24) is 0 Å². The van der Waals surface area contributed by atoms with Gasteiger partial charge in [-0.2, -0.15) is 13.2 Å². The maximum atomic E-state index is 12.5. The molecule has 2 nitrogen and oxygen atoms in total. The monoisotopic (exact) mass is 308 g/mol. The number of carbonyl (C=O) groups is 1. The number of carbonyl (C=O) groups excluding carboxylic acids is 1. The summed E-state index contributed by atoms with van der Waals surface area (Å²) < 4.78 is 42.6. The van der Waals surface area contributed by atoms with Crippen LogP contribution in [0.25, 0.3) is 0 Å². The molecule has 0 radical (unpaired) electrons. The zero-order valence-electron chi connectivity index (χ0n) is 12.0. The van der Waals surface area contributed by atoms with E-state index in [-0.39, 0.29) is 12.4 Å². The second kappa shape index (κ2) is 6.64. The molecule has 0 spiro atoms. The summed E-state index contributed by atoms with van der Waals surface area (Å²) in [6.45, 7) is 1.70. The zero-order chi connectivity index (χ0) is 16.2. The summed E-state index contributed by atoms with van der Waals surface area (Å²) in [5, 5.41) is 0. The first-order valence-corrected chi connectivity index (χ1v) is 6.84. The van der Waals surface area contributed by atoms with Gasteiger partial charge in [-0.05, 0) is 41.8 Å². The Labute approximate surface area is 126 Å². The Morgan fingerprint density at radius 3 is 2.32 bits per heavy atom. The summed E-state index contributed by atoms with van der Waals surface area (Å²) in [6.07, 6.45) is -3.58. The van der Waals surface area contributed by atoms with Crippen LogP contribution in [0.15, 0.2) is 48.5 Å². The van der Waals surface area contributed by atoms with E-state index in [1.807, 2.05) is 6.07 Å². The Hall–Kier alpha value is -2.30. The number of ether oxygens (including phenoxy) is 1. The molecule has 0 heterocycles. The van der Waals surface area contributed by atoms with Gasteiger partial charge in [-0.1, -0.05) is 31.2 Å². The van der Waals surface area contributed by atoms with Gasteiger partial charge >= 0.3 is 12.1 Å². The van der Waals surface area contributed by atoms with Crippen molar-refractivity contribution in [1.29, 1.82) is 0 Å². The smallest absolute Gasteiger partial charge is 0.416 e. The molecule has 2 rings (SSSR count).